The highest BCUT2D eigenvalue weighted by Gasteiger charge is 2.22. The van der Waals surface area contributed by atoms with E-state index in [1.807, 2.05) is 12.1 Å². The molecule has 1 aliphatic rings. The van der Waals surface area contributed by atoms with E-state index in [4.69, 9.17) is 9.47 Å². The van der Waals surface area contributed by atoms with Gasteiger partial charge in [0.05, 0.1) is 14.2 Å². The Morgan fingerprint density at radius 1 is 1.00 bits per heavy atom. The van der Waals surface area contributed by atoms with Crippen molar-refractivity contribution in [1.82, 2.24) is 15.2 Å². The van der Waals surface area contributed by atoms with Gasteiger partial charge in [0.15, 0.2) is 11.5 Å². The van der Waals surface area contributed by atoms with Crippen molar-refractivity contribution in [3.8, 4) is 22.8 Å². The lowest BCUT2D eigenvalue weighted by molar-refractivity contribution is 0.0907. The molecule has 33 heavy (non-hydrogen) atoms. The molecule has 0 bridgehead atoms. The molecule has 0 radical (unpaired) electrons. The van der Waals surface area contributed by atoms with Crippen molar-refractivity contribution in [3.63, 3.8) is 0 Å². The number of likely N-dealkylation sites (tertiary alicyclic amines) is 1. The summed E-state index contributed by atoms with van der Waals surface area (Å²) in [5, 5.41) is 3.03. The molecule has 1 saturated heterocycles. The molecule has 7 heteroatoms. The van der Waals surface area contributed by atoms with E-state index in [0.29, 0.717) is 17.2 Å². The molecule has 1 amide bonds. The molecule has 1 aromatic heterocycles. The fourth-order valence-corrected chi connectivity index (χ4v) is 4.16. The highest BCUT2D eigenvalue weighted by Crippen LogP contribution is 2.31. The molecule has 0 aliphatic carbocycles. The third-order valence-electron chi connectivity index (χ3n) is 6.02. The van der Waals surface area contributed by atoms with Crippen LogP contribution in [0.2, 0.25) is 0 Å². The van der Waals surface area contributed by atoms with Crippen LogP contribution >= 0.6 is 0 Å². The SMILES string of the molecule is COc1ccc(-c2ccc(C(=O)NC3CCN(Cc4ccccc4)CC3)c(=O)[nH]2)cc1OC. The lowest BCUT2D eigenvalue weighted by atomic mass is 10.0. The zero-order chi connectivity index (χ0) is 23.2. The van der Waals surface area contributed by atoms with Crippen LogP contribution in [-0.2, 0) is 6.54 Å². The summed E-state index contributed by atoms with van der Waals surface area (Å²) in [7, 11) is 3.13. The van der Waals surface area contributed by atoms with Crippen LogP contribution in [0.3, 0.4) is 0 Å². The maximum Gasteiger partial charge on any atom is 0.261 e. The molecule has 4 rings (SSSR count). The first-order valence-electron chi connectivity index (χ1n) is 11.1. The molecular weight excluding hydrogens is 418 g/mol. The molecule has 2 aromatic carbocycles. The van der Waals surface area contributed by atoms with Gasteiger partial charge in [0.1, 0.15) is 5.56 Å². The van der Waals surface area contributed by atoms with Crippen molar-refractivity contribution in [3.05, 3.63) is 82.1 Å². The molecule has 1 fully saturated rings. The van der Waals surface area contributed by atoms with Crippen LogP contribution in [0, 0.1) is 0 Å². The smallest absolute Gasteiger partial charge is 0.261 e. The van der Waals surface area contributed by atoms with E-state index in [-0.39, 0.29) is 17.5 Å². The van der Waals surface area contributed by atoms with Gasteiger partial charge in [-0.15, -0.1) is 0 Å². The number of aromatic amines is 1. The second-order valence-corrected chi connectivity index (χ2v) is 8.19. The van der Waals surface area contributed by atoms with Crippen molar-refractivity contribution in [1.29, 1.82) is 0 Å². The number of carbonyl (C=O) groups is 1. The summed E-state index contributed by atoms with van der Waals surface area (Å²) in [6.07, 6.45) is 1.72. The number of methoxy groups -OCH3 is 2. The first-order valence-corrected chi connectivity index (χ1v) is 11.1. The van der Waals surface area contributed by atoms with E-state index in [9.17, 15) is 9.59 Å². The molecule has 2 N–H and O–H groups in total. The number of amides is 1. The summed E-state index contributed by atoms with van der Waals surface area (Å²) in [6, 6.07) is 19.1. The van der Waals surface area contributed by atoms with Crippen molar-refractivity contribution >= 4 is 5.91 Å². The van der Waals surface area contributed by atoms with Crippen LogP contribution in [-0.4, -0.2) is 49.1 Å². The summed E-state index contributed by atoms with van der Waals surface area (Å²) in [6.45, 7) is 2.74. The van der Waals surface area contributed by atoms with Gasteiger partial charge in [0.2, 0.25) is 0 Å². The van der Waals surface area contributed by atoms with E-state index in [1.165, 1.54) is 5.56 Å². The number of pyridine rings is 1. The number of nitrogens with one attached hydrogen (secondary N) is 2. The minimum atomic E-state index is -0.415. The standard InChI is InChI=1S/C26H29N3O4/c1-32-23-11-8-19(16-24(23)33-2)22-10-9-21(26(31)28-22)25(30)27-20-12-14-29(15-13-20)17-18-6-4-3-5-7-18/h3-11,16,20H,12-15,17H2,1-2H3,(H,27,30)(H,28,31). The summed E-state index contributed by atoms with van der Waals surface area (Å²) < 4.78 is 10.6. The van der Waals surface area contributed by atoms with Crippen LogP contribution in [0.1, 0.15) is 28.8 Å². The Bertz CT molecular complexity index is 1150. The van der Waals surface area contributed by atoms with E-state index in [0.717, 1.165) is 38.0 Å². The Hall–Kier alpha value is -3.58. The molecule has 2 heterocycles. The zero-order valence-electron chi connectivity index (χ0n) is 19.0. The number of piperidine rings is 1. The van der Waals surface area contributed by atoms with Crippen LogP contribution in [0.4, 0.5) is 0 Å². The maximum atomic E-state index is 12.8. The molecular formula is C26H29N3O4. The Balaban J connectivity index is 1.37. The fraction of sp³-hybridized carbons (Fsp3) is 0.308. The number of hydrogen-bond acceptors (Lipinski definition) is 5. The van der Waals surface area contributed by atoms with Gasteiger partial charge in [-0.25, -0.2) is 0 Å². The van der Waals surface area contributed by atoms with Crippen LogP contribution in [0.5, 0.6) is 11.5 Å². The number of rotatable bonds is 7. The predicted octanol–water partition coefficient (Wildman–Crippen LogP) is 3.45. The van der Waals surface area contributed by atoms with Gasteiger partial charge in [-0.1, -0.05) is 30.3 Å². The third kappa shape index (κ3) is 5.43. The van der Waals surface area contributed by atoms with Crippen LogP contribution in [0.25, 0.3) is 11.3 Å². The minimum Gasteiger partial charge on any atom is -0.493 e. The van der Waals surface area contributed by atoms with Gasteiger partial charge < -0.3 is 19.8 Å². The molecule has 0 saturated carbocycles. The molecule has 0 atom stereocenters. The zero-order valence-corrected chi connectivity index (χ0v) is 19.0. The molecule has 3 aromatic rings. The van der Waals surface area contributed by atoms with Gasteiger partial charge in [-0.05, 0) is 48.7 Å². The van der Waals surface area contributed by atoms with Crippen molar-refractivity contribution in [2.45, 2.75) is 25.4 Å². The van der Waals surface area contributed by atoms with Gasteiger partial charge in [-0.2, -0.15) is 0 Å². The van der Waals surface area contributed by atoms with Crippen LogP contribution in [0.15, 0.2) is 65.5 Å². The second kappa shape index (κ2) is 10.4. The van der Waals surface area contributed by atoms with Gasteiger partial charge in [0.25, 0.3) is 11.5 Å². The Kier molecular flexibility index (Phi) is 7.10. The topological polar surface area (TPSA) is 83.7 Å². The Labute approximate surface area is 193 Å². The average molecular weight is 448 g/mol. The Morgan fingerprint density at radius 3 is 2.39 bits per heavy atom. The molecule has 1 aliphatic heterocycles. The molecule has 7 nitrogen and oxygen atoms in total. The summed E-state index contributed by atoms with van der Waals surface area (Å²) >= 11 is 0. The monoisotopic (exact) mass is 447 g/mol. The summed E-state index contributed by atoms with van der Waals surface area (Å²) in [4.78, 5) is 30.6. The van der Waals surface area contributed by atoms with Crippen molar-refractivity contribution in [2.24, 2.45) is 0 Å². The highest BCUT2D eigenvalue weighted by molar-refractivity contribution is 5.94. The van der Waals surface area contributed by atoms with E-state index in [1.54, 1.807) is 38.5 Å². The quantitative estimate of drug-likeness (QED) is 0.580. The largest absolute Gasteiger partial charge is 0.493 e. The number of nitrogens with zero attached hydrogens (tertiary/aromatic N) is 1. The number of H-pyrrole nitrogens is 1. The van der Waals surface area contributed by atoms with Gasteiger partial charge in [0, 0.05) is 36.9 Å². The van der Waals surface area contributed by atoms with Crippen molar-refractivity contribution in [2.75, 3.05) is 27.3 Å². The first kappa shape index (κ1) is 22.6. The second-order valence-electron chi connectivity index (χ2n) is 8.19. The number of aromatic nitrogens is 1. The highest BCUT2D eigenvalue weighted by atomic mass is 16.5. The average Bonchev–Trinajstić information content (AvgIpc) is 2.85. The number of hydrogen-bond donors (Lipinski definition) is 2. The molecule has 0 spiro atoms. The normalized spacial score (nSPS) is 14.6. The van der Waals surface area contributed by atoms with Crippen molar-refractivity contribution < 1.29 is 14.3 Å². The Morgan fingerprint density at radius 2 is 1.73 bits per heavy atom. The van der Waals surface area contributed by atoms with E-state index in [2.05, 4.69) is 39.5 Å². The number of carbonyl (C=O) groups excluding carboxylic acids is 1. The van der Waals surface area contributed by atoms with E-state index < -0.39 is 5.56 Å². The third-order valence-corrected chi connectivity index (χ3v) is 6.02. The maximum absolute atomic E-state index is 12.8. The first-order chi connectivity index (χ1) is 16.1. The van der Waals surface area contributed by atoms with E-state index >= 15 is 0 Å². The van der Waals surface area contributed by atoms with Crippen LogP contribution < -0.4 is 20.3 Å². The molecule has 0 unspecified atom stereocenters. The van der Waals surface area contributed by atoms with Gasteiger partial charge in [-0.3, -0.25) is 14.5 Å². The lowest BCUT2D eigenvalue weighted by Gasteiger charge is -2.32. The van der Waals surface area contributed by atoms with Gasteiger partial charge >= 0.3 is 0 Å². The fourth-order valence-electron chi connectivity index (χ4n) is 4.16. The number of ether oxygens (including phenoxy) is 2. The lowest BCUT2D eigenvalue weighted by Crippen LogP contribution is -2.45. The predicted molar refractivity (Wildman–Crippen MR) is 128 cm³/mol. The number of benzene rings is 2. The summed E-state index contributed by atoms with van der Waals surface area (Å²) in [5.74, 6) is 0.835. The minimum absolute atomic E-state index is 0.0643. The molecule has 172 valence electrons. The summed E-state index contributed by atoms with van der Waals surface area (Å²) in [5.41, 5.74) is 2.36.